The van der Waals surface area contributed by atoms with Crippen molar-refractivity contribution >= 4 is 27.6 Å². The van der Waals surface area contributed by atoms with Gasteiger partial charge in [0, 0.05) is 24.3 Å². The summed E-state index contributed by atoms with van der Waals surface area (Å²) in [6.45, 7) is 0.710. The lowest BCUT2D eigenvalue weighted by molar-refractivity contribution is -0.143. The number of hydrogen-bond donors (Lipinski definition) is 2. The third-order valence-corrected chi connectivity index (χ3v) is 5.89. The number of amides is 1. The molecule has 27 heavy (non-hydrogen) atoms. The molecule has 2 N–H and O–H groups in total. The number of carbonyl (C=O) groups excluding carboxylic acids is 1. The Balaban J connectivity index is 1.70. The number of rotatable bonds is 5. The van der Waals surface area contributed by atoms with Gasteiger partial charge in [-0.3, -0.25) is 14.3 Å². The topological polar surface area (TPSA) is 104 Å². The maximum absolute atomic E-state index is 12.6. The Hall–Kier alpha value is -2.87. The summed E-state index contributed by atoms with van der Waals surface area (Å²) in [7, 11) is -3.69. The van der Waals surface area contributed by atoms with E-state index < -0.39 is 21.9 Å². The molecule has 1 amide bonds. The average molecular weight is 388 g/mol. The van der Waals surface area contributed by atoms with Gasteiger partial charge in [0.05, 0.1) is 10.8 Å². The highest BCUT2D eigenvalue weighted by molar-refractivity contribution is 7.92. The van der Waals surface area contributed by atoms with E-state index in [1.165, 1.54) is 41.3 Å². The number of anilines is 1. The van der Waals surface area contributed by atoms with Gasteiger partial charge in [0.25, 0.3) is 15.9 Å². The normalized spacial score (nSPS) is 17.3. The first-order valence-electron chi connectivity index (χ1n) is 8.57. The van der Waals surface area contributed by atoms with E-state index in [1.807, 2.05) is 0 Å². The summed E-state index contributed by atoms with van der Waals surface area (Å²) in [5.41, 5.74) is 0.737. The smallest absolute Gasteiger partial charge is 0.308 e. The van der Waals surface area contributed by atoms with Gasteiger partial charge >= 0.3 is 5.97 Å². The molecule has 8 heteroatoms. The molecule has 1 aliphatic rings. The largest absolute Gasteiger partial charge is 0.481 e. The number of aliphatic carboxylic acids is 1. The second-order valence-electron chi connectivity index (χ2n) is 6.42. The molecule has 0 spiro atoms. The van der Waals surface area contributed by atoms with Crippen molar-refractivity contribution in [2.75, 3.05) is 17.8 Å². The van der Waals surface area contributed by atoms with Gasteiger partial charge in [-0.2, -0.15) is 0 Å². The van der Waals surface area contributed by atoms with Crippen LogP contribution in [0.4, 0.5) is 5.69 Å². The minimum atomic E-state index is -3.69. The molecular formula is C19H20N2O5S. The molecule has 7 nitrogen and oxygen atoms in total. The summed E-state index contributed by atoms with van der Waals surface area (Å²) < 4.78 is 27.1. The molecule has 0 radical (unpaired) electrons. The number of carboxylic acid groups (broad SMARTS) is 1. The average Bonchev–Trinajstić information content (AvgIpc) is 2.68. The number of benzene rings is 2. The zero-order chi connectivity index (χ0) is 19.4. The molecule has 0 aliphatic carbocycles. The van der Waals surface area contributed by atoms with E-state index in [1.54, 1.807) is 18.2 Å². The summed E-state index contributed by atoms with van der Waals surface area (Å²) in [4.78, 5) is 25.4. The van der Waals surface area contributed by atoms with Crippen LogP contribution < -0.4 is 4.72 Å². The van der Waals surface area contributed by atoms with Crippen LogP contribution in [0.5, 0.6) is 0 Å². The third-order valence-electron chi connectivity index (χ3n) is 4.50. The SMILES string of the molecule is O=C(O)[C@H]1CCCN(C(=O)c2ccc(NS(=O)(=O)c3ccccc3)cc2)C1. The predicted octanol–water partition coefficient (Wildman–Crippen LogP) is 2.42. The highest BCUT2D eigenvalue weighted by Crippen LogP contribution is 2.21. The fourth-order valence-corrected chi connectivity index (χ4v) is 4.12. The minimum absolute atomic E-state index is 0.151. The van der Waals surface area contributed by atoms with Crippen molar-refractivity contribution in [2.45, 2.75) is 17.7 Å². The zero-order valence-electron chi connectivity index (χ0n) is 14.5. The molecule has 0 saturated carbocycles. The predicted molar refractivity (Wildman–Crippen MR) is 100.0 cm³/mol. The molecule has 0 aromatic heterocycles. The van der Waals surface area contributed by atoms with E-state index in [0.717, 1.165) is 0 Å². The van der Waals surface area contributed by atoms with Crippen LogP contribution in [0, 0.1) is 5.92 Å². The zero-order valence-corrected chi connectivity index (χ0v) is 15.4. The molecule has 1 atom stereocenters. The summed E-state index contributed by atoms with van der Waals surface area (Å²) >= 11 is 0. The summed E-state index contributed by atoms with van der Waals surface area (Å²) in [5, 5.41) is 9.14. The Labute approximate surface area is 157 Å². The molecule has 2 aromatic rings. The minimum Gasteiger partial charge on any atom is -0.481 e. The number of likely N-dealkylation sites (tertiary alicyclic amines) is 1. The maximum atomic E-state index is 12.6. The van der Waals surface area contributed by atoms with Crippen molar-refractivity contribution in [3.63, 3.8) is 0 Å². The van der Waals surface area contributed by atoms with Gasteiger partial charge in [-0.25, -0.2) is 8.42 Å². The van der Waals surface area contributed by atoms with Gasteiger partial charge in [-0.15, -0.1) is 0 Å². The molecule has 0 bridgehead atoms. The second kappa shape index (κ2) is 7.79. The van der Waals surface area contributed by atoms with Gasteiger partial charge in [-0.1, -0.05) is 18.2 Å². The number of carboxylic acids is 1. The van der Waals surface area contributed by atoms with Crippen molar-refractivity contribution in [3.05, 3.63) is 60.2 Å². The Morgan fingerprint density at radius 3 is 2.33 bits per heavy atom. The van der Waals surface area contributed by atoms with Crippen LogP contribution >= 0.6 is 0 Å². The van der Waals surface area contributed by atoms with Gasteiger partial charge in [0.1, 0.15) is 0 Å². The Morgan fingerprint density at radius 2 is 1.70 bits per heavy atom. The van der Waals surface area contributed by atoms with Gasteiger partial charge < -0.3 is 10.0 Å². The summed E-state index contributed by atoms with van der Waals surface area (Å²) in [6.07, 6.45) is 1.22. The monoisotopic (exact) mass is 388 g/mol. The first-order chi connectivity index (χ1) is 12.9. The molecule has 3 rings (SSSR count). The molecule has 2 aromatic carbocycles. The van der Waals surface area contributed by atoms with Crippen molar-refractivity contribution < 1.29 is 23.1 Å². The third kappa shape index (κ3) is 4.46. The van der Waals surface area contributed by atoms with Crippen LogP contribution in [0.3, 0.4) is 0 Å². The van der Waals surface area contributed by atoms with Crippen molar-refractivity contribution in [3.8, 4) is 0 Å². The summed E-state index contributed by atoms with van der Waals surface area (Å²) in [6, 6.07) is 14.1. The first kappa shape index (κ1) is 18.9. The van der Waals surface area contributed by atoms with Crippen molar-refractivity contribution in [2.24, 2.45) is 5.92 Å². The van der Waals surface area contributed by atoms with Crippen LogP contribution in [0.15, 0.2) is 59.5 Å². The Morgan fingerprint density at radius 1 is 1.04 bits per heavy atom. The maximum Gasteiger partial charge on any atom is 0.308 e. The summed E-state index contributed by atoms with van der Waals surface area (Å²) in [5.74, 6) is -1.68. The number of piperidine rings is 1. The molecule has 142 valence electrons. The quantitative estimate of drug-likeness (QED) is 0.819. The number of nitrogens with zero attached hydrogens (tertiary/aromatic N) is 1. The van der Waals surface area contributed by atoms with Crippen LogP contribution in [0.2, 0.25) is 0 Å². The lowest BCUT2D eigenvalue weighted by atomic mass is 9.97. The Kier molecular flexibility index (Phi) is 5.46. The van der Waals surface area contributed by atoms with Crippen LogP contribution in [0.1, 0.15) is 23.2 Å². The van der Waals surface area contributed by atoms with Crippen LogP contribution in [0.25, 0.3) is 0 Å². The van der Waals surface area contributed by atoms with E-state index >= 15 is 0 Å². The van der Waals surface area contributed by atoms with Crippen LogP contribution in [-0.2, 0) is 14.8 Å². The molecule has 1 fully saturated rings. The fraction of sp³-hybridized carbons (Fsp3) is 0.263. The molecule has 1 saturated heterocycles. The van der Waals surface area contributed by atoms with Crippen molar-refractivity contribution in [1.82, 2.24) is 4.90 Å². The molecular weight excluding hydrogens is 368 g/mol. The molecule has 1 aliphatic heterocycles. The molecule has 0 unspecified atom stereocenters. The van der Waals surface area contributed by atoms with Gasteiger partial charge in [0.2, 0.25) is 0 Å². The highest BCUT2D eigenvalue weighted by Gasteiger charge is 2.28. The lowest BCUT2D eigenvalue weighted by Gasteiger charge is -2.30. The highest BCUT2D eigenvalue weighted by atomic mass is 32.2. The lowest BCUT2D eigenvalue weighted by Crippen LogP contribution is -2.42. The standard InChI is InChI=1S/C19H20N2O5S/c22-18(21-12-4-5-15(13-21)19(23)24)14-8-10-16(11-9-14)20-27(25,26)17-6-2-1-3-7-17/h1-3,6-11,15,20H,4-5,12-13H2,(H,23,24)/t15-/m0/s1. The number of carbonyl (C=O) groups is 2. The van der Waals surface area contributed by atoms with Gasteiger partial charge in [-0.05, 0) is 49.2 Å². The van der Waals surface area contributed by atoms with E-state index in [9.17, 15) is 18.0 Å². The number of sulfonamides is 1. The van der Waals surface area contributed by atoms with Crippen molar-refractivity contribution in [1.29, 1.82) is 0 Å². The molecule has 1 heterocycles. The van der Waals surface area contributed by atoms with Gasteiger partial charge in [0.15, 0.2) is 0 Å². The van der Waals surface area contributed by atoms with E-state index in [0.29, 0.717) is 30.6 Å². The van der Waals surface area contributed by atoms with Crippen LogP contribution in [-0.4, -0.2) is 43.4 Å². The fourth-order valence-electron chi connectivity index (χ4n) is 3.04. The van der Waals surface area contributed by atoms with E-state index in [2.05, 4.69) is 4.72 Å². The van der Waals surface area contributed by atoms with E-state index in [-0.39, 0.29) is 17.3 Å². The number of nitrogens with one attached hydrogen (secondary N) is 1. The number of hydrogen-bond acceptors (Lipinski definition) is 4. The second-order valence-corrected chi connectivity index (χ2v) is 8.11. The van der Waals surface area contributed by atoms with E-state index in [4.69, 9.17) is 5.11 Å². The first-order valence-corrected chi connectivity index (χ1v) is 10.0. The Bertz CT molecular complexity index is 926.